The molecule has 38 heteroatoms. The summed E-state index contributed by atoms with van der Waals surface area (Å²) in [5.41, 5.74) is 0.454. The SMILES string of the molecule is C=C(CO)CO.C=CC(O)CO.C=CSCC(O)CO.CO[SiH](OC)OC.CO[SiH](OC)OC.CO[SiH](OC)OC.CO[Si](CC(CO)CO)(OC)OC.CO[Si](CCC(O)CO)(OC)OC.CO[Si](CCSCC(O)CO)(OC)OC. The van der Waals surface area contributed by atoms with Crippen molar-refractivity contribution in [3.8, 4) is 0 Å². The summed E-state index contributed by atoms with van der Waals surface area (Å²) < 4.78 is 89.2. The lowest BCUT2D eigenvalue weighted by Gasteiger charge is -2.27. The molecule has 0 heterocycles. The van der Waals surface area contributed by atoms with Gasteiger partial charge in [0.1, 0.15) is 0 Å². The normalized spacial score (nSPS) is 12.4. The fourth-order valence-corrected chi connectivity index (χ4v) is 13.5. The van der Waals surface area contributed by atoms with Crippen molar-refractivity contribution in [3.63, 3.8) is 0 Å². The third-order valence-electron chi connectivity index (χ3n) is 9.18. The van der Waals surface area contributed by atoms with Crippen molar-refractivity contribution in [2.75, 3.05) is 198 Å². The summed E-state index contributed by atoms with van der Waals surface area (Å²) in [4.78, 5) is 0. The van der Waals surface area contributed by atoms with Crippen LogP contribution in [0.3, 0.4) is 0 Å². The van der Waals surface area contributed by atoms with Crippen LogP contribution in [0.25, 0.3) is 0 Å². The lowest BCUT2D eigenvalue weighted by molar-refractivity contribution is 0.0787. The van der Waals surface area contributed by atoms with Crippen molar-refractivity contribution in [3.05, 3.63) is 36.8 Å². The van der Waals surface area contributed by atoms with Gasteiger partial charge in [-0.2, -0.15) is 11.8 Å². The van der Waals surface area contributed by atoms with Gasteiger partial charge in [0.25, 0.3) is 0 Å². The molecule has 0 bridgehead atoms. The van der Waals surface area contributed by atoms with E-state index in [1.807, 2.05) is 0 Å². The smallest absolute Gasteiger partial charge is 0.396 e. The molecule has 0 aromatic rings. The zero-order valence-electron chi connectivity index (χ0n) is 52.0. The van der Waals surface area contributed by atoms with E-state index in [0.717, 1.165) is 5.75 Å². The quantitative estimate of drug-likeness (QED) is 0.0168. The van der Waals surface area contributed by atoms with Crippen molar-refractivity contribution in [2.24, 2.45) is 5.92 Å². The number of hydrogen-bond donors (Lipinski definition) is 12. The Morgan fingerprint density at radius 2 is 0.732 bits per heavy atom. The molecule has 82 heavy (non-hydrogen) atoms. The van der Waals surface area contributed by atoms with Gasteiger partial charge in [0, 0.05) is 177 Å². The predicted molar refractivity (Wildman–Crippen MR) is 327 cm³/mol. The Hall–Kier alpha value is 0.0213. The molecule has 0 aromatic heterocycles. The van der Waals surface area contributed by atoms with Gasteiger partial charge in [-0.15, -0.1) is 18.3 Å². The molecule has 12 N–H and O–H groups in total. The van der Waals surface area contributed by atoms with Crippen LogP contribution in [-0.4, -0.2) is 339 Å². The molecule has 4 atom stereocenters. The van der Waals surface area contributed by atoms with Gasteiger partial charge in [0.05, 0.1) is 64.1 Å². The summed E-state index contributed by atoms with van der Waals surface area (Å²) in [5.74, 6) is 1.57. The molecule has 0 spiro atoms. The zero-order valence-corrected chi connectivity index (χ0v) is 60.1. The topological polar surface area (TPSA) is 409 Å². The minimum Gasteiger partial charge on any atom is -0.396 e. The molecule has 0 aliphatic carbocycles. The number of hydrogen-bond acceptors (Lipinski definition) is 32. The van der Waals surface area contributed by atoms with Crippen LogP contribution in [0.4, 0.5) is 0 Å². The van der Waals surface area contributed by atoms with Crippen LogP contribution in [0.5, 0.6) is 0 Å². The van der Waals surface area contributed by atoms with Gasteiger partial charge in [0.2, 0.25) is 0 Å². The number of aliphatic hydroxyl groups is 12. The Labute approximate surface area is 507 Å². The summed E-state index contributed by atoms with van der Waals surface area (Å²) in [6.45, 7) is 8.68. The summed E-state index contributed by atoms with van der Waals surface area (Å²) >= 11 is 2.94. The predicted octanol–water partition coefficient (Wildman–Crippen LogP) is -2.78. The Morgan fingerprint density at radius 3 is 0.927 bits per heavy atom. The standard InChI is InChI=1S/C8H20O5SSi.2C7H18O5Si.C5H10O2S.2C4H8O2.3C3H10O3Si/c1-11-15(12-2,13-3)5-4-14-7-8(10)6-9;1-10-13(11-2,12-3)6-7(4-8)5-9;1-10-13(11-2,12-3)5-4-7(9)6-8;1-2-8-4-5(7)3-6;1-4(2-5)3-6;1-2-4(6)3-5;3*1-4-7(5-2)6-3/h8-10H,4-7H2,1-3H3;2*7-9H,4-6H2,1-3H3;2,5-7H,1,3-4H2;5-6H,1-3H2;2,4-6H,1,3H2;3*7H,1-3H3. The van der Waals surface area contributed by atoms with Crippen LogP contribution in [0, 0.1) is 5.92 Å². The van der Waals surface area contributed by atoms with Crippen molar-refractivity contribution < 1.29 is 141 Å². The average Bonchev–Trinajstić information content (AvgIpc) is 3.53. The minimum absolute atomic E-state index is 0.0959. The van der Waals surface area contributed by atoms with E-state index in [2.05, 4.69) is 19.7 Å². The second kappa shape index (κ2) is 77.1. The van der Waals surface area contributed by atoms with Crippen LogP contribution in [-0.2, 0) is 79.7 Å². The molecule has 30 nitrogen and oxygen atoms in total. The first-order valence-corrected chi connectivity index (χ1v) is 36.6. The molecule has 504 valence electrons. The summed E-state index contributed by atoms with van der Waals surface area (Å²) in [5, 5.41) is 104. The Balaban J connectivity index is -0.000000107. The van der Waals surface area contributed by atoms with E-state index in [9.17, 15) is 0 Å². The molecule has 0 radical (unpaired) electrons. The number of aliphatic hydroxyl groups excluding tert-OH is 12. The first-order chi connectivity index (χ1) is 38.9. The molecule has 0 fully saturated rings. The van der Waals surface area contributed by atoms with E-state index in [4.69, 9.17) is 141 Å². The van der Waals surface area contributed by atoms with Gasteiger partial charge < -0.3 is 141 Å². The highest BCUT2D eigenvalue weighted by Gasteiger charge is 2.40. The Morgan fingerprint density at radius 1 is 0.427 bits per heavy atom. The van der Waals surface area contributed by atoms with Crippen LogP contribution in [0.15, 0.2) is 36.8 Å². The van der Waals surface area contributed by atoms with E-state index < -0.39 is 79.4 Å². The van der Waals surface area contributed by atoms with Crippen molar-refractivity contribution in [1.82, 2.24) is 0 Å². The van der Waals surface area contributed by atoms with Gasteiger partial charge in [0.15, 0.2) is 0 Å². The summed E-state index contributed by atoms with van der Waals surface area (Å²) in [7, 11) is 15.3. The van der Waals surface area contributed by atoms with Crippen molar-refractivity contribution >= 4 is 78.5 Å². The number of thioether (sulfide) groups is 2. The first kappa shape index (κ1) is 101. The molecule has 4 unspecified atom stereocenters. The zero-order chi connectivity index (χ0) is 65.9. The van der Waals surface area contributed by atoms with Crippen molar-refractivity contribution in [2.45, 2.75) is 49.0 Å². The Bertz CT molecular complexity index is 1150. The van der Waals surface area contributed by atoms with Crippen LogP contribution in [0.2, 0.25) is 18.1 Å². The summed E-state index contributed by atoms with van der Waals surface area (Å²) in [6.07, 6.45) is -1.04. The molecular formula is C44H112O30S2Si6. The molecule has 0 amide bonds. The van der Waals surface area contributed by atoms with E-state index in [0.29, 0.717) is 41.6 Å². The van der Waals surface area contributed by atoms with E-state index >= 15 is 0 Å². The second-order valence-electron chi connectivity index (χ2n) is 14.7. The van der Waals surface area contributed by atoms with Gasteiger partial charge in [-0.05, 0) is 23.2 Å². The Kier molecular flexibility index (Phi) is 95.0. The lowest BCUT2D eigenvalue weighted by Crippen LogP contribution is -2.45. The highest BCUT2D eigenvalue weighted by Crippen LogP contribution is 2.19. The largest absolute Gasteiger partial charge is 0.500 e. The van der Waals surface area contributed by atoms with Crippen molar-refractivity contribution in [1.29, 1.82) is 0 Å². The lowest BCUT2D eigenvalue weighted by atomic mass is 10.2. The highest BCUT2D eigenvalue weighted by atomic mass is 32.2. The maximum absolute atomic E-state index is 9.11. The van der Waals surface area contributed by atoms with Gasteiger partial charge in [-0.3, -0.25) is 0 Å². The highest BCUT2D eigenvalue weighted by molar-refractivity contribution is 8.02. The molecule has 0 rings (SSSR count). The molecular weight excluding hydrogens is 1240 g/mol. The molecule has 0 aromatic carbocycles. The van der Waals surface area contributed by atoms with Gasteiger partial charge in [-0.1, -0.05) is 19.2 Å². The minimum atomic E-state index is -2.64. The van der Waals surface area contributed by atoms with Gasteiger partial charge in [-0.25, -0.2) is 0 Å². The van der Waals surface area contributed by atoms with E-state index in [1.54, 1.807) is 102 Å². The monoisotopic (exact) mass is 1350 g/mol. The molecule has 0 aliphatic heterocycles. The van der Waals surface area contributed by atoms with Crippen LogP contribution < -0.4 is 0 Å². The van der Waals surface area contributed by atoms with Gasteiger partial charge >= 0.3 is 55.0 Å². The first-order valence-electron chi connectivity index (χ1n) is 24.3. The fraction of sp³-hybridized carbons (Fsp3) is 0.864. The maximum Gasteiger partial charge on any atom is 0.500 e. The molecule has 0 saturated heterocycles. The summed E-state index contributed by atoms with van der Waals surface area (Å²) in [6, 6.07) is 1.61. The third kappa shape index (κ3) is 67.5. The van der Waals surface area contributed by atoms with E-state index in [1.165, 1.54) is 60.5 Å². The maximum atomic E-state index is 9.11. The second-order valence-corrected chi connectivity index (χ2v) is 32.0. The molecule has 0 aliphatic rings. The van der Waals surface area contributed by atoms with Crippen LogP contribution in [0.1, 0.15) is 6.42 Å². The fourth-order valence-electron chi connectivity index (χ4n) is 4.28. The average molecular weight is 1350 g/mol. The molecule has 0 saturated carbocycles. The van der Waals surface area contributed by atoms with E-state index in [-0.39, 0.29) is 58.8 Å². The third-order valence-corrected chi connectivity index (χ3v) is 23.4. The van der Waals surface area contributed by atoms with Crippen LogP contribution >= 0.6 is 23.5 Å². The number of rotatable bonds is 40.